The third-order valence-electron chi connectivity index (χ3n) is 5.29. The molecule has 0 atom stereocenters. The molecule has 0 aliphatic carbocycles. The van der Waals surface area contributed by atoms with Crippen LogP contribution in [-0.2, 0) is 14.4 Å². The summed E-state index contributed by atoms with van der Waals surface area (Å²) in [7, 11) is 0. The first kappa shape index (κ1) is 17.1. The summed E-state index contributed by atoms with van der Waals surface area (Å²) in [5.74, 6) is 0.496. The van der Waals surface area contributed by atoms with Gasteiger partial charge >= 0.3 is 0 Å². The lowest BCUT2D eigenvalue weighted by atomic mass is 9.84. The number of rotatable bonds is 1. The van der Waals surface area contributed by atoms with Crippen LogP contribution in [-0.4, -0.2) is 37.4 Å². The minimum atomic E-state index is -0.0866. The van der Waals surface area contributed by atoms with Gasteiger partial charge in [0.25, 0.3) is 6.02 Å². The number of fused-ring (bicyclic) bond motifs is 2. The minimum absolute atomic E-state index is 0.0866. The van der Waals surface area contributed by atoms with E-state index in [0.717, 1.165) is 28.5 Å². The lowest BCUT2D eigenvalue weighted by Crippen LogP contribution is -2.47. The molecule has 0 radical (unpaired) electrons. The Morgan fingerprint density at radius 3 is 2.71 bits per heavy atom. The second kappa shape index (κ2) is 6.85. The summed E-state index contributed by atoms with van der Waals surface area (Å²) in [6.07, 6.45) is 2.70. The van der Waals surface area contributed by atoms with Gasteiger partial charge in [0.05, 0.1) is 19.8 Å². The second-order valence-corrected chi connectivity index (χ2v) is 7.35. The summed E-state index contributed by atoms with van der Waals surface area (Å²) in [5, 5.41) is 1.15. The molecule has 3 N–H and O–H groups in total. The van der Waals surface area contributed by atoms with E-state index in [1.807, 2.05) is 30.5 Å². The van der Waals surface area contributed by atoms with Gasteiger partial charge in [0.15, 0.2) is 5.75 Å². The molecule has 3 aromatic rings. The van der Waals surface area contributed by atoms with E-state index in [-0.39, 0.29) is 11.4 Å². The topological polar surface area (TPSA) is 91.1 Å². The monoisotopic (exact) mass is 379 g/mol. The van der Waals surface area contributed by atoms with E-state index in [1.165, 1.54) is 0 Å². The standard InChI is InChI=1S/C21H21N3O4/c22-20-24-18-10-15(14-1-3-17-16(9-14)5-7-23-17)2-4-19(18)28-27-13-21(6-8-26-20)11-25-12-21/h1-5,7,9-10,23H,6,8,11-13H2,(H2,22,24). The van der Waals surface area contributed by atoms with E-state index in [4.69, 9.17) is 25.0 Å². The molecule has 2 aliphatic rings. The fourth-order valence-corrected chi connectivity index (χ4v) is 3.52. The van der Waals surface area contributed by atoms with Crippen LogP contribution in [0.3, 0.4) is 0 Å². The SMILES string of the molecule is NC1=Nc2cc(-c3ccc4[nH]ccc4c3)ccc2OOCC2(CCO1)COC2. The average molecular weight is 379 g/mol. The van der Waals surface area contributed by atoms with Gasteiger partial charge in [-0.25, -0.2) is 0 Å². The summed E-state index contributed by atoms with van der Waals surface area (Å²) in [4.78, 5) is 18.7. The molecule has 1 aromatic heterocycles. The van der Waals surface area contributed by atoms with Crippen molar-refractivity contribution in [1.29, 1.82) is 0 Å². The van der Waals surface area contributed by atoms with E-state index in [0.29, 0.717) is 37.9 Å². The summed E-state index contributed by atoms with van der Waals surface area (Å²) < 4.78 is 11.0. The Labute approximate surface area is 162 Å². The molecule has 1 fully saturated rings. The number of benzene rings is 2. The highest BCUT2D eigenvalue weighted by molar-refractivity contribution is 5.86. The molecule has 1 spiro atoms. The van der Waals surface area contributed by atoms with Crippen LogP contribution in [0.25, 0.3) is 22.0 Å². The predicted octanol–water partition coefficient (Wildman–Crippen LogP) is 3.53. The normalized spacial score (nSPS) is 18.9. The van der Waals surface area contributed by atoms with Crippen LogP contribution in [0.5, 0.6) is 5.75 Å². The van der Waals surface area contributed by atoms with Crippen LogP contribution in [0.4, 0.5) is 5.69 Å². The fourth-order valence-electron chi connectivity index (χ4n) is 3.52. The van der Waals surface area contributed by atoms with Gasteiger partial charge in [0.1, 0.15) is 12.3 Å². The maximum absolute atomic E-state index is 5.98. The van der Waals surface area contributed by atoms with Crippen molar-refractivity contribution in [3.63, 3.8) is 0 Å². The number of aromatic amines is 1. The number of aliphatic imine (C=N–C) groups is 1. The molecule has 7 heteroatoms. The third kappa shape index (κ3) is 3.19. The molecule has 0 unspecified atom stereocenters. The molecule has 7 nitrogen and oxygen atoms in total. The zero-order chi connectivity index (χ0) is 19.0. The van der Waals surface area contributed by atoms with Gasteiger partial charge in [-0.15, -0.1) is 0 Å². The van der Waals surface area contributed by atoms with Gasteiger partial charge in [-0.1, -0.05) is 12.1 Å². The number of ether oxygens (including phenoxy) is 2. The van der Waals surface area contributed by atoms with Gasteiger partial charge in [-0.3, -0.25) is 0 Å². The smallest absolute Gasteiger partial charge is 0.287 e. The van der Waals surface area contributed by atoms with E-state index in [2.05, 4.69) is 28.2 Å². The molecule has 28 heavy (non-hydrogen) atoms. The summed E-state index contributed by atoms with van der Waals surface area (Å²) in [5.41, 5.74) is 9.63. The van der Waals surface area contributed by atoms with Crippen molar-refractivity contribution in [2.45, 2.75) is 6.42 Å². The van der Waals surface area contributed by atoms with E-state index < -0.39 is 0 Å². The van der Waals surface area contributed by atoms with E-state index >= 15 is 0 Å². The maximum atomic E-state index is 5.98. The quantitative estimate of drug-likeness (QED) is 0.631. The average Bonchev–Trinajstić information content (AvgIpc) is 3.12. The molecule has 1 saturated heterocycles. The number of H-pyrrole nitrogens is 1. The Bertz CT molecular complexity index is 1040. The number of amidine groups is 1. The molecule has 3 heterocycles. The van der Waals surface area contributed by atoms with Crippen LogP contribution in [0.15, 0.2) is 53.7 Å². The highest BCUT2D eigenvalue weighted by Gasteiger charge is 2.40. The molecule has 0 amide bonds. The van der Waals surface area contributed by atoms with Crippen molar-refractivity contribution in [3.05, 3.63) is 48.7 Å². The second-order valence-electron chi connectivity index (χ2n) is 7.35. The van der Waals surface area contributed by atoms with Gasteiger partial charge < -0.3 is 25.1 Å². The Hall–Kier alpha value is -3.03. The zero-order valence-electron chi connectivity index (χ0n) is 15.3. The first-order valence-electron chi connectivity index (χ1n) is 9.27. The van der Waals surface area contributed by atoms with Crippen molar-refractivity contribution in [2.24, 2.45) is 16.1 Å². The molecule has 0 saturated carbocycles. The van der Waals surface area contributed by atoms with Crippen LogP contribution in [0.2, 0.25) is 0 Å². The first-order chi connectivity index (χ1) is 13.7. The third-order valence-corrected chi connectivity index (χ3v) is 5.29. The van der Waals surface area contributed by atoms with Gasteiger partial charge in [-0.2, -0.15) is 9.88 Å². The number of hydrogen-bond acceptors (Lipinski definition) is 6. The maximum Gasteiger partial charge on any atom is 0.287 e. The molecule has 0 bridgehead atoms. The summed E-state index contributed by atoms with van der Waals surface area (Å²) >= 11 is 0. The van der Waals surface area contributed by atoms with Crippen molar-refractivity contribution in [3.8, 4) is 16.9 Å². The van der Waals surface area contributed by atoms with Gasteiger partial charge in [0.2, 0.25) is 0 Å². The molecule has 5 rings (SSSR count). The molecule has 144 valence electrons. The van der Waals surface area contributed by atoms with Crippen molar-refractivity contribution < 1.29 is 19.2 Å². The van der Waals surface area contributed by atoms with E-state index in [9.17, 15) is 0 Å². The van der Waals surface area contributed by atoms with Gasteiger partial charge in [0, 0.05) is 17.1 Å². The fraction of sp³-hybridized carbons (Fsp3) is 0.286. The van der Waals surface area contributed by atoms with E-state index in [1.54, 1.807) is 0 Å². The molecule has 2 aliphatic heterocycles. The highest BCUT2D eigenvalue weighted by Crippen LogP contribution is 2.36. The number of nitrogens with one attached hydrogen (secondary N) is 1. The summed E-state index contributed by atoms with van der Waals surface area (Å²) in [6, 6.07) is 14.1. The Morgan fingerprint density at radius 1 is 1.00 bits per heavy atom. The molecular formula is C21H21N3O4. The number of nitrogens with zero attached hydrogens (tertiary/aromatic N) is 1. The lowest BCUT2D eigenvalue weighted by Gasteiger charge is -2.40. The number of hydrogen-bond donors (Lipinski definition) is 2. The number of aromatic nitrogens is 1. The molecular weight excluding hydrogens is 358 g/mol. The van der Waals surface area contributed by atoms with Crippen LogP contribution in [0, 0.1) is 5.41 Å². The van der Waals surface area contributed by atoms with Crippen LogP contribution in [0.1, 0.15) is 6.42 Å². The minimum Gasteiger partial charge on any atom is -0.465 e. The first-order valence-corrected chi connectivity index (χ1v) is 9.27. The van der Waals surface area contributed by atoms with Crippen molar-refractivity contribution in [2.75, 3.05) is 26.4 Å². The lowest BCUT2D eigenvalue weighted by molar-refractivity contribution is -0.265. The largest absolute Gasteiger partial charge is 0.465 e. The Kier molecular flexibility index (Phi) is 4.18. The van der Waals surface area contributed by atoms with Gasteiger partial charge in [-0.05, 0) is 53.3 Å². The van der Waals surface area contributed by atoms with Crippen molar-refractivity contribution in [1.82, 2.24) is 4.98 Å². The zero-order valence-corrected chi connectivity index (χ0v) is 15.3. The van der Waals surface area contributed by atoms with Crippen molar-refractivity contribution >= 4 is 22.6 Å². The Balaban J connectivity index is 1.48. The highest BCUT2D eigenvalue weighted by atomic mass is 17.2. The predicted molar refractivity (Wildman–Crippen MR) is 105 cm³/mol. The van der Waals surface area contributed by atoms with Crippen LogP contribution < -0.4 is 10.6 Å². The summed E-state index contributed by atoms with van der Waals surface area (Å²) in [6.45, 7) is 2.15. The number of nitrogens with two attached hydrogens (primary N) is 1. The molecule has 2 aromatic carbocycles. The Morgan fingerprint density at radius 2 is 1.86 bits per heavy atom. The van der Waals surface area contributed by atoms with Crippen LogP contribution >= 0.6 is 0 Å².